The van der Waals surface area contributed by atoms with Crippen molar-refractivity contribution in [3.05, 3.63) is 40.9 Å². The van der Waals surface area contributed by atoms with Crippen molar-refractivity contribution in [3.8, 4) is 5.75 Å². The zero-order valence-corrected chi connectivity index (χ0v) is 11.5. The number of halogens is 1. The summed E-state index contributed by atoms with van der Waals surface area (Å²) in [4.78, 5) is 0. The molecule has 0 aromatic heterocycles. The van der Waals surface area contributed by atoms with Crippen molar-refractivity contribution in [2.24, 2.45) is 0 Å². The van der Waals surface area contributed by atoms with Gasteiger partial charge in [-0.2, -0.15) is 0 Å². The van der Waals surface area contributed by atoms with E-state index in [1.807, 2.05) is 12.1 Å². The summed E-state index contributed by atoms with van der Waals surface area (Å²) in [5.74, 6) is 0.854. The number of ether oxygens (including phenoxy) is 1. The third-order valence-corrected chi connectivity index (χ3v) is 3.16. The molecule has 0 aliphatic heterocycles. The summed E-state index contributed by atoms with van der Waals surface area (Å²) in [5.41, 5.74) is 1.22. The van der Waals surface area contributed by atoms with Crippen LogP contribution >= 0.6 is 15.9 Å². The number of rotatable bonds is 5. The summed E-state index contributed by atoms with van der Waals surface area (Å²) in [5, 5.41) is 3.43. The molecule has 1 rings (SSSR count). The van der Waals surface area contributed by atoms with Crippen LogP contribution in [0.5, 0.6) is 5.75 Å². The highest BCUT2D eigenvalue weighted by Gasteiger charge is 2.09. The van der Waals surface area contributed by atoms with E-state index < -0.39 is 0 Å². The number of hydrogen-bond acceptors (Lipinski definition) is 2. The molecule has 0 bridgehead atoms. The molecule has 0 amide bonds. The molecule has 88 valence electrons. The Hall–Kier alpha value is -0.800. The Morgan fingerprint density at radius 2 is 2.12 bits per heavy atom. The molecule has 0 fully saturated rings. The average Bonchev–Trinajstić information content (AvgIpc) is 2.28. The molecule has 2 unspecified atom stereocenters. The van der Waals surface area contributed by atoms with Crippen LogP contribution in [0.3, 0.4) is 0 Å². The van der Waals surface area contributed by atoms with E-state index in [1.165, 1.54) is 5.56 Å². The Morgan fingerprint density at radius 1 is 1.44 bits per heavy atom. The first-order valence-electron chi connectivity index (χ1n) is 5.30. The second-order valence-corrected chi connectivity index (χ2v) is 4.66. The van der Waals surface area contributed by atoms with E-state index in [1.54, 1.807) is 7.11 Å². The molecule has 1 aromatic rings. The van der Waals surface area contributed by atoms with Gasteiger partial charge in [0.15, 0.2) is 0 Å². The molecular formula is C13H18BrNO. The van der Waals surface area contributed by atoms with Gasteiger partial charge in [-0.15, -0.1) is 6.58 Å². The lowest BCUT2D eigenvalue weighted by Gasteiger charge is -2.18. The van der Waals surface area contributed by atoms with Gasteiger partial charge in [-0.3, -0.25) is 0 Å². The van der Waals surface area contributed by atoms with E-state index in [2.05, 4.69) is 53.8 Å². The zero-order chi connectivity index (χ0) is 12.1. The third kappa shape index (κ3) is 3.35. The monoisotopic (exact) mass is 283 g/mol. The Morgan fingerprint density at radius 3 is 2.62 bits per heavy atom. The van der Waals surface area contributed by atoms with E-state index in [4.69, 9.17) is 4.74 Å². The highest BCUT2D eigenvalue weighted by atomic mass is 79.9. The fourth-order valence-corrected chi connectivity index (χ4v) is 2.07. The quantitative estimate of drug-likeness (QED) is 0.833. The topological polar surface area (TPSA) is 21.3 Å². The van der Waals surface area contributed by atoms with Crippen molar-refractivity contribution in [2.45, 2.75) is 25.9 Å². The lowest BCUT2D eigenvalue weighted by Crippen LogP contribution is -2.26. The van der Waals surface area contributed by atoms with Crippen molar-refractivity contribution in [3.63, 3.8) is 0 Å². The van der Waals surface area contributed by atoms with Gasteiger partial charge < -0.3 is 10.1 Å². The first-order valence-corrected chi connectivity index (χ1v) is 6.09. The maximum atomic E-state index is 5.20. The second kappa shape index (κ2) is 6.06. The summed E-state index contributed by atoms with van der Waals surface area (Å²) in [6, 6.07) is 6.70. The highest BCUT2D eigenvalue weighted by molar-refractivity contribution is 9.10. The smallest absolute Gasteiger partial charge is 0.133 e. The molecule has 2 nitrogen and oxygen atoms in total. The molecule has 0 saturated carbocycles. The number of nitrogens with one attached hydrogen (secondary N) is 1. The minimum absolute atomic E-state index is 0.287. The Bertz CT molecular complexity index is 365. The number of benzene rings is 1. The molecule has 0 aliphatic rings. The molecular weight excluding hydrogens is 266 g/mol. The van der Waals surface area contributed by atoms with Gasteiger partial charge in [0.1, 0.15) is 5.75 Å². The Balaban J connectivity index is 2.80. The van der Waals surface area contributed by atoms with Crippen LogP contribution in [0.1, 0.15) is 25.5 Å². The van der Waals surface area contributed by atoms with Crippen LogP contribution in [0.15, 0.2) is 35.3 Å². The van der Waals surface area contributed by atoms with Gasteiger partial charge >= 0.3 is 0 Å². The van der Waals surface area contributed by atoms with Crippen molar-refractivity contribution < 1.29 is 4.74 Å². The fraction of sp³-hybridized carbons (Fsp3) is 0.385. The van der Waals surface area contributed by atoms with Gasteiger partial charge in [-0.05, 0) is 47.5 Å². The lowest BCUT2D eigenvalue weighted by atomic mass is 10.1. The highest BCUT2D eigenvalue weighted by Crippen LogP contribution is 2.28. The van der Waals surface area contributed by atoms with Crippen LogP contribution in [-0.4, -0.2) is 13.2 Å². The number of hydrogen-bond donors (Lipinski definition) is 1. The van der Waals surface area contributed by atoms with Gasteiger partial charge in [0, 0.05) is 12.1 Å². The summed E-state index contributed by atoms with van der Waals surface area (Å²) in [7, 11) is 1.67. The molecule has 0 spiro atoms. The predicted molar refractivity (Wildman–Crippen MR) is 71.9 cm³/mol. The van der Waals surface area contributed by atoms with Crippen LogP contribution in [0.25, 0.3) is 0 Å². The summed E-state index contributed by atoms with van der Waals surface area (Å²) in [6.45, 7) is 7.98. The minimum atomic E-state index is 0.287. The van der Waals surface area contributed by atoms with E-state index in [-0.39, 0.29) is 6.04 Å². The molecule has 3 heteroatoms. The molecule has 0 radical (unpaired) electrons. The third-order valence-electron chi connectivity index (χ3n) is 2.54. The molecule has 1 N–H and O–H groups in total. The van der Waals surface area contributed by atoms with Crippen LogP contribution < -0.4 is 10.1 Å². The average molecular weight is 284 g/mol. The second-order valence-electron chi connectivity index (χ2n) is 3.81. The van der Waals surface area contributed by atoms with Gasteiger partial charge in [0.05, 0.1) is 11.6 Å². The normalized spacial score (nSPS) is 14.2. The van der Waals surface area contributed by atoms with Gasteiger partial charge in [0.2, 0.25) is 0 Å². The van der Waals surface area contributed by atoms with Crippen molar-refractivity contribution in [1.29, 1.82) is 0 Å². The summed E-state index contributed by atoms with van der Waals surface area (Å²) in [6.07, 6.45) is 1.90. The molecule has 0 saturated heterocycles. The zero-order valence-electron chi connectivity index (χ0n) is 9.96. The molecule has 16 heavy (non-hydrogen) atoms. The SMILES string of the molecule is C=CC(C)NC(C)c1ccc(OC)c(Br)c1. The minimum Gasteiger partial charge on any atom is -0.496 e. The van der Waals surface area contributed by atoms with E-state index >= 15 is 0 Å². The lowest BCUT2D eigenvalue weighted by molar-refractivity contribution is 0.411. The maximum absolute atomic E-state index is 5.20. The molecule has 1 aromatic carbocycles. The van der Waals surface area contributed by atoms with E-state index in [0.717, 1.165) is 10.2 Å². The fourth-order valence-electron chi connectivity index (χ4n) is 1.51. The Kier molecular flexibility index (Phi) is 5.03. The largest absolute Gasteiger partial charge is 0.496 e. The van der Waals surface area contributed by atoms with Crippen molar-refractivity contribution in [2.75, 3.05) is 7.11 Å². The van der Waals surface area contributed by atoms with Gasteiger partial charge in [0.25, 0.3) is 0 Å². The van der Waals surface area contributed by atoms with Crippen molar-refractivity contribution in [1.82, 2.24) is 5.32 Å². The van der Waals surface area contributed by atoms with Crippen molar-refractivity contribution >= 4 is 15.9 Å². The molecule has 0 aliphatic carbocycles. The van der Waals surface area contributed by atoms with Crippen LogP contribution in [-0.2, 0) is 0 Å². The van der Waals surface area contributed by atoms with Gasteiger partial charge in [-0.1, -0.05) is 12.1 Å². The van der Waals surface area contributed by atoms with Crippen LogP contribution in [0, 0.1) is 0 Å². The van der Waals surface area contributed by atoms with Gasteiger partial charge in [-0.25, -0.2) is 0 Å². The summed E-state index contributed by atoms with van der Waals surface area (Å²) >= 11 is 3.49. The molecule has 2 atom stereocenters. The van der Waals surface area contributed by atoms with Crippen LogP contribution in [0.4, 0.5) is 0 Å². The first-order chi connectivity index (χ1) is 7.58. The molecule has 0 heterocycles. The Labute approximate surface area is 106 Å². The standard InChI is InChI=1S/C13H18BrNO/c1-5-9(2)15-10(3)11-6-7-13(16-4)12(14)8-11/h5-10,15H,1H2,2-4H3. The first kappa shape index (κ1) is 13.3. The maximum Gasteiger partial charge on any atom is 0.133 e. The van der Waals surface area contributed by atoms with Crippen LogP contribution in [0.2, 0.25) is 0 Å². The van der Waals surface area contributed by atoms with E-state index in [0.29, 0.717) is 6.04 Å². The summed E-state index contributed by atoms with van der Waals surface area (Å²) < 4.78 is 6.18. The predicted octanol–water partition coefficient (Wildman–Crippen LogP) is 3.68. The van der Waals surface area contributed by atoms with E-state index in [9.17, 15) is 0 Å². The number of methoxy groups -OCH3 is 1.